The smallest absolute Gasteiger partial charge is 0.246 e. The summed E-state index contributed by atoms with van der Waals surface area (Å²) in [6.45, 7) is 14.4. The molecule has 2 aromatic rings. The lowest BCUT2D eigenvalue weighted by Crippen LogP contribution is -2.62. The molecule has 3 aliphatic rings. The Balaban J connectivity index is 1.62. The van der Waals surface area contributed by atoms with Gasteiger partial charge < -0.3 is 63.8 Å². The number of carbonyl (C=O) groups excluding carboxylic acids is 10. The predicted octanol–water partition coefficient (Wildman–Crippen LogP) is 1.23. The molecule has 22 heteroatoms. The fourth-order valence-electron chi connectivity index (χ4n) is 10.7. The number of amides is 10. The normalized spacial score (nSPS) is 27.1. The number of rotatable bonds is 16. The third kappa shape index (κ3) is 19.1. The van der Waals surface area contributed by atoms with E-state index in [1.165, 1.54) is 9.80 Å². The van der Waals surface area contributed by atoms with Gasteiger partial charge in [-0.25, -0.2) is 0 Å². The first kappa shape index (κ1) is 62.7. The summed E-state index contributed by atoms with van der Waals surface area (Å²) in [7, 11) is 0. The van der Waals surface area contributed by atoms with Crippen LogP contribution in [0.1, 0.15) is 131 Å². The van der Waals surface area contributed by atoms with E-state index in [1.54, 1.807) is 116 Å². The highest BCUT2D eigenvalue weighted by molar-refractivity contribution is 6.00. The van der Waals surface area contributed by atoms with Crippen LogP contribution in [-0.2, 0) is 60.8 Å². The van der Waals surface area contributed by atoms with Crippen molar-refractivity contribution in [1.29, 1.82) is 0 Å². The first-order valence-electron chi connectivity index (χ1n) is 30.3. The Kier molecular flexibility index (Phi) is 24.5. The Labute approximate surface area is 486 Å². The molecule has 0 spiro atoms. The molecule has 3 fully saturated rings. The van der Waals surface area contributed by atoms with Crippen LogP contribution in [-0.4, -0.2) is 155 Å². The van der Waals surface area contributed by atoms with E-state index in [0.29, 0.717) is 34.6 Å². The van der Waals surface area contributed by atoms with Gasteiger partial charge in [-0.05, 0) is 112 Å². The van der Waals surface area contributed by atoms with E-state index in [4.69, 9.17) is 11.5 Å². The molecule has 3 heterocycles. The lowest BCUT2D eigenvalue weighted by molar-refractivity contribution is -0.143. The van der Waals surface area contributed by atoms with Crippen molar-refractivity contribution >= 4 is 59.1 Å². The summed E-state index contributed by atoms with van der Waals surface area (Å²) in [6.07, 6.45) is 1.34. The standard InChI is InChI=1S/C60H92N12O10/c1-35(2)31-43-53(75)67-45(33-39-19-11-9-12-20-39)59(81)71-29-17-25-47(71)55(77)70-50(38(7)8)58(80)64-42(24-16-28-62)52(74)66-44(32-36(3)4)54(76)68-46(34-40-21-13-10-14-22-40)60(82)72-30-18-26-48(72)56(78)69-49(37(5)6)57(79)63-41(23-15-27-61)51(73)65-43/h9-14,19-22,35-38,41-50H,15-18,23-34,61-62H2,1-8H3,(H,63,79)(H,64,80)(H,65,73)(H,66,74)(H,67,75)(H,68,76)(H,69,78)(H,70,77)/t41-,42-,43-,44-,45-,46-,47-,48-,49-,50-/m0/s1/i/hD2. The second-order valence-electron chi connectivity index (χ2n) is 23.6. The number of carbonyl (C=O) groups is 10. The van der Waals surface area contributed by atoms with Crippen molar-refractivity contribution in [3.8, 4) is 0 Å². The van der Waals surface area contributed by atoms with Crippen molar-refractivity contribution in [2.24, 2.45) is 35.1 Å². The molecule has 452 valence electrons. The zero-order chi connectivity index (χ0) is 61.9. The van der Waals surface area contributed by atoms with E-state index in [1.807, 2.05) is 0 Å². The molecule has 2 aromatic carbocycles. The van der Waals surface area contributed by atoms with Gasteiger partial charge in [0.05, 0.1) is 0 Å². The van der Waals surface area contributed by atoms with Crippen molar-refractivity contribution in [3.63, 3.8) is 0 Å². The van der Waals surface area contributed by atoms with E-state index in [0.717, 1.165) is 0 Å². The average molecular weight is 1140 g/mol. The Morgan fingerprint density at radius 1 is 0.451 bits per heavy atom. The van der Waals surface area contributed by atoms with E-state index in [2.05, 4.69) is 31.9 Å². The molecule has 0 bridgehead atoms. The van der Waals surface area contributed by atoms with Gasteiger partial charge in [0, 0.05) is 25.9 Å². The van der Waals surface area contributed by atoms with Gasteiger partial charge >= 0.3 is 0 Å². The lowest BCUT2D eigenvalue weighted by Gasteiger charge is -2.33. The number of nitrogens with zero attached hydrogens (tertiary/aromatic N) is 2. The molecular weight excluding hydrogens is 1050 g/mol. The summed E-state index contributed by atoms with van der Waals surface area (Å²) in [6, 6.07) is 4.50. The van der Waals surface area contributed by atoms with E-state index < -0.39 is 131 Å². The molecule has 10 atom stereocenters. The molecular formula is C60H92N12O10. The van der Waals surface area contributed by atoms with Crippen molar-refractivity contribution in [2.75, 3.05) is 26.2 Å². The molecule has 0 saturated carbocycles. The zero-order valence-electron chi connectivity index (χ0n) is 51.2. The molecule has 3 saturated heterocycles. The monoisotopic (exact) mass is 1140 g/mol. The quantitative estimate of drug-likeness (QED) is 0.114. The molecule has 0 unspecified atom stereocenters. The minimum Gasteiger partial charge on any atom is -0.343 e. The fraction of sp³-hybridized carbons (Fsp3) is 0.633. The van der Waals surface area contributed by atoms with Crippen LogP contribution in [0.15, 0.2) is 60.7 Å². The van der Waals surface area contributed by atoms with Crippen molar-refractivity contribution in [2.45, 2.75) is 193 Å². The maximum absolute atomic E-state index is 15.0. The van der Waals surface area contributed by atoms with Crippen molar-refractivity contribution in [3.05, 3.63) is 71.8 Å². The van der Waals surface area contributed by atoms with Crippen LogP contribution < -0.4 is 54.0 Å². The molecule has 10 amide bonds. The second kappa shape index (κ2) is 32.0. The highest BCUT2D eigenvalue weighted by Gasteiger charge is 2.43. The predicted molar refractivity (Wildman–Crippen MR) is 310 cm³/mol. The summed E-state index contributed by atoms with van der Waals surface area (Å²) in [5, 5.41) is 17.8. The molecule has 82 heavy (non-hydrogen) atoms. The lowest BCUT2D eigenvalue weighted by atomic mass is 9.99. The Bertz CT molecular complexity index is 2410. The second-order valence-corrected chi connectivity index (χ2v) is 23.6. The van der Waals surface area contributed by atoms with Gasteiger partial charge in [-0.15, -0.1) is 0 Å². The van der Waals surface area contributed by atoms with Crippen LogP contribution in [0.5, 0.6) is 0 Å². The van der Waals surface area contributed by atoms with Crippen LogP contribution in [0.3, 0.4) is 0 Å². The van der Waals surface area contributed by atoms with Crippen molar-refractivity contribution < 1.29 is 50.8 Å². The topological polar surface area (TPSA) is 325 Å². The molecule has 22 nitrogen and oxygen atoms in total. The molecule has 3 aliphatic heterocycles. The summed E-state index contributed by atoms with van der Waals surface area (Å²) >= 11 is 0. The third-order valence-electron chi connectivity index (χ3n) is 15.1. The van der Waals surface area contributed by atoms with Crippen LogP contribution in [0.25, 0.3) is 0 Å². The van der Waals surface area contributed by atoms with Gasteiger partial charge in [-0.3, -0.25) is 47.9 Å². The maximum atomic E-state index is 15.0. The number of fused-ring (bicyclic) bond motifs is 2. The van der Waals surface area contributed by atoms with E-state index in [-0.39, 0.29) is 102 Å². The van der Waals surface area contributed by atoms with E-state index >= 15 is 0 Å². The Morgan fingerprint density at radius 3 is 1.11 bits per heavy atom. The van der Waals surface area contributed by atoms with Gasteiger partial charge in [0.1, 0.15) is 60.4 Å². The van der Waals surface area contributed by atoms with Crippen LogP contribution in [0.2, 0.25) is 2.82 Å². The molecule has 0 aliphatic carbocycles. The summed E-state index contributed by atoms with van der Waals surface area (Å²) in [4.78, 5) is 149. The van der Waals surface area contributed by atoms with Gasteiger partial charge in [0.25, 0.3) is 0 Å². The fourth-order valence-corrected chi connectivity index (χ4v) is 10.7. The van der Waals surface area contributed by atoms with Crippen LogP contribution in [0, 0.1) is 23.7 Å². The number of nitrogens with two attached hydrogens (primary N) is 2. The molecule has 5 rings (SSSR count). The first-order chi connectivity index (χ1) is 39.9. The average Bonchev–Trinajstić information content (AvgIpc) is 4.22. The molecule has 12 N–H and O–H groups in total. The summed E-state index contributed by atoms with van der Waals surface area (Å²) in [5.41, 5.74) is 13.1. The summed E-state index contributed by atoms with van der Waals surface area (Å²) < 4.78 is 18.6. The maximum Gasteiger partial charge on any atom is 0.246 e. The van der Waals surface area contributed by atoms with Crippen LogP contribution in [0.4, 0.5) is 0 Å². The Morgan fingerprint density at radius 2 is 0.793 bits per heavy atom. The van der Waals surface area contributed by atoms with Gasteiger partial charge in [0.15, 0.2) is 2.82 Å². The van der Waals surface area contributed by atoms with E-state index in [9.17, 15) is 50.8 Å². The highest BCUT2D eigenvalue weighted by atomic mass is 16.2. The van der Waals surface area contributed by atoms with Crippen molar-refractivity contribution in [1.82, 2.24) is 52.3 Å². The number of nitrogens with one attached hydrogen (secondary N) is 8. The third-order valence-corrected chi connectivity index (χ3v) is 15.1. The Hall–Kier alpha value is -6.94. The van der Waals surface area contributed by atoms with Gasteiger partial charge in [-0.1, -0.05) is 116 Å². The van der Waals surface area contributed by atoms with Crippen LogP contribution >= 0.6 is 0 Å². The highest BCUT2D eigenvalue weighted by Crippen LogP contribution is 2.24. The number of hydrogen-bond donors (Lipinski definition) is 10. The van der Waals surface area contributed by atoms with Gasteiger partial charge in [0.2, 0.25) is 59.1 Å². The number of benzene rings is 2. The summed E-state index contributed by atoms with van der Waals surface area (Å²) in [5.74, 6) is -9.42. The minimum atomic E-state index is -1.49. The first-order valence-corrected chi connectivity index (χ1v) is 29.4. The molecule has 0 aromatic heterocycles. The SMILES string of the molecule is [2H]N1C(=O)[C@H](CCCN)NC(=O)[C@H](C(C)C)NC(=O)[C@@H]2CCCN2C(=O)[C@H](Cc2ccccc2)NC(=O)[C@H](CC(C)C)N([2H])C(=O)[C@H](CCCN)NC(=O)[C@H](C(C)C)NC(=O)[C@@H]2CCCN2C(=O)[C@H](Cc2ccccc2)NC(=O)[C@@H]1CC(C)C. The minimum absolute atomic E-state index is 0.0352. The zero-order valence-corrected chi connectivity index (χ0v) is 49.2. The molecule has 0 radical (unpaired) electrons. The van der Waals surface area contributed by atoms with Gasteiger partial charge in [-0.2, -0.15) is 0 Å². The number of hydrogen-bond acceptors (Lipinski definition) is 12. The largest absolute Gasteiger partial charge is 0.343 e.